The molecular formula is C17H29N3OS. The van der Waals surface area contributed by atoms with Gasteiger partial charge < -0.3 is 4.74 Å². The molecule has 22 heavy (non-hydrogen) atoms. The number of rotatable bonds is 9. The number of aryl methyl sites for hydroxylation is 1. The molecule has 0 amide bonds. The van der Waals surface area contributed by atoms with Crippen molar-refractivity contribution >= 4 is 11.8 Å². The molecule has 2 heterocycles. The topological polar surface area (TPSA) is 38.2 Å². The van der Waals surface area contributed by atoms with Crippen LogP contribution in [-0.2, 0) is 11.2 Å². The lowest BCUT2D eigenvalue weighted by atomic mass is 10.2. The van der Waals surface area contributed by atoms with E-state index in [4.69, 9.17) is 9.72 Å². The third kappa shape index (κ3) is 6.63. The Bertz CT molecular complexity index is 436. The zero-order valence-electron chi connectivity index (χ0n) is 14.0. The molecule has 0 saturated carbocycles. The summed E-state index contributed by atoms with van der Waals surface area (Å²) < 4.78 is 5.39. The minimum absolute atomic E-state index is 0.863. The zero-order chi connectivity index (χ0) is 15.6. The Labute approximate surface area is 139 Å². The van der Waals surface area contributed by atoms with Crippen LogP contribution in [0.25, 0.3) is 0 Å². The third-order valence-electron chi connectivity index (χ3n) is 3.90. The number of hydrogen-bond donors (Lipinski definition) is 0. The van der Waals surface area contributed by atoms with Gasteiger partial charge in [0.05, 0.1) is 13.2 Å². The van der Waals surface area contributed by atoms with E-state index in [-0.39, 0.29) is 0 Å². The minimum Gasteiger partial charge on any atom is -0.379 e. The van der Waals surface area contributed by atoms with Gasteiger partial charge in [0.15, 0.2) is 5.16 Å². The van der Waals surface area contributed by atoms with Crippen LogP contribution in [0.5, 0.6) is 0 Å². The molecule has 1 aromatic heterocycles. The molecular weight excluding hydrogens is 294 g/mol. The van der Waals surface area contributed by atoms with Crippen LogP contribution in [0.1, 0.15) is 44.0 Å². The van der Waals surface area contributed by atoms with Gasteiger partial charge in [0.2, 0.25) is 0 Å². The summed E-state index contributed by atoms with van der Waals surface area (Å²) in [5, 5.41) is 0.952. The van der Waals surface area contributed by atoms with Gasteiger partial charge in [-0.25, -0.2) is 9.97 Å². The Morgan fingerprint density at radius 1 is 1.18 bits per heavy atom. The first-order valence-corrected chi connectivity index (χ1v) is 9.54. The molecule has 0 spiro atoms. The highest BCUT2D eigenvalue weighted by molar-refractivity contribution is 7.99. The number of aromatic nitrogens is 2. The summed E-state index contributed by atoms with van der Waals surface area (Å²) in [5.41, 5.74) is 2.26. The van der Waals surface area contributed by atoms with E-state index in [1.165, 1.54) is 31.4 Å². The number of morpholine rings is 1. The molecule has 1 fully saturated rings. The second-order valence-electron chi connectivity index (χ2n) is 5.90. The third-order valence-corrected chi connectivity index (χ3v) is 4.84. The summed E-state index contributed by atoms with van der Waals surface area (Å²) >= 11 is 1.80. The van der Waals surface area contributed by atoms with Crippen LogP contribution in [0.4, 0.5) is 0 Å². The lowest BCUT2D eigenvalue weighted by Gasteiger charge is -2.26. The second kappa shape index (κ2) is 10.2. The highest BCUT2D eigenvalue weighted by atomic mass is 32.2. The smallest absolute Gasteiger partial charge is 0.187 e. The fraction of sp³-hybridized carbons (Fsp3) is 0.765. The molecule has 1 aliphatic rings. The summed E-state index contributed by atoms with van der Waals surface area (Å²) in [5.74, 6) is 1.13. The predicted molar refractivity (Wildman–Crippen MR) is 92.6 cm³/mol. The van der Waals surface area contributed by atoms with Crippen molar-refractivity contribution in [1.29, 1.82) is 0 Å². The van der Waals surface area contributed by atoms with E-state index in [1.54, 1.807) is 11.8 Å². The highest BCUT2D eigenvalue weighted by Crippen LogP contribution is 2.17. The number of hydrogen-bond acceptors (Lipinski definition) is 5. The molecule has 0 bridgehead atoms. The van der Waals surface area contributed by atoms with Gasteiger partial charge >= 0.3 is 0 Å². The lowest BCUT2D eigenvalue weighted by Crippen LogP contribution is -2.37. The van der Waals surface area contributed by atoms with Crippen molar-refractivity contribution < 1.29 is 4.74 Å². The Balaban J connectivity index is 1.78. The van der Waals surface area contributed by atoms with Gasteiger partial charge in [-0.3, -0.25) is 4.90 Å². The SMILES string of the molecule is CCCCCCSc1nc(C)cc(CCN2CCOCC2)n1. The first-order valence-electron chi connectivity index (χ1n) is 8.55. The summed E-state index contributed by atoms with van der Waals surface area (Å²) in [6, 6.07) is 2.13. The van der Waals surface area contributed by atoms with Crippen molar-refractivity contribution in [1.82, 2.24) is 14.9 Å². The van der Waals surface area contributed by atoms with Crippen molar-refractivity contribution in [3.8, 4) is 0 Å². The molecule has 0 unspecified atom stereocenters. The van der Waals surface area contributed by atoms with Gasteiger partial charge in [-0.05, 0) is 19.4 Å². The van der Waals surface area contributed by atoms with Crippen molar-refractivity contribution in [3.63, 3.8) is 0 Å². The van der Waals surface area contributed by atoms with E-state index in [1.807, 2.05) is 0 Å². The largest absolute Gasteiger partial charge is 0.379 e. The fourth-order valence-corrected chi connectivity index (χ4v) is 3.51. The molecule has 124 valence electrons. The molecule has 0 aliphatic carbocycles. The van der Waals surface area contributed by atoms with Gasteiger partial charge in [0.25, 0.3) is 0 Å². The van der Waals surface area contributed by atoms with Crippen LogP contribution < -0.4 is 0 Å². The van der Waals surface area contributed by atoms with Crippen LogP contribution in [0.2, 0.25) is 0 Å². The molecule has 1 saturated heterocycles. The molecule has 0 aromatic carbocycles. The number of nitrogens with zero attached hydrogens (tertiary/aromatic N) is 3. The zero-order valence-corrected chi connectivity index (χ0v) is 14.8. The van der Waals surface area contributed by atoms with E-state index in [2.05, 4.69) is 29.8 Å². The van der Waals surface area contributed by atoms with Crippen molar-refractivity contribution in [2.24, 2.45) is 0 Å². The Morgan fingerprint density at radius 3 is 2.77 bits per heavy atom. The summed E-state index contributed by atoms with van der Waals surface area (Å²) in [6.45, 7) is 9.20. The maximum Gasteiger partial charge on any atom is 0.187 e. The highest BCUT2D eigenvalue weighted by Gasteiger charge is 2.11. The van der Waals surface area contributed by atoms with E-state index in [9.17, 15) is 0 Å². The van der Waals surface area contributed by atoms with Crippen molar-refractivity contribution in [2.75, 3.05) is 38.6 Å². The average molecular weight is 324 g/mol. The molecule has 0 atom stereocenters. The maximum absolute atomic E-state index is 5.39. The quantitative estimate of drug-likeness (QED) is 0.396. The summed E-state index contributed by atoms with van der Waals surface area (Å²) in [6.07, 6.45) is 6.21. The average Bonchev–Trinajstić information content (AvgIpc) is 2.53. The van der Waals surface area contributed by atoms with Gasteiger partial charge in [0.1, 0.15) is 0 Å². The van der Waals surface area contributed by atoms with Gasteiger partial charge in [-0.15, -0.1) is 0 Å². The van der Waals surface area contributed by atoms with Crippen LogP contribution >= 0.6 is 11.8 Å². The van der Waals surface area contributed by atoms with Crippen LogP contribution in [0.15, 0.2) is 11.2 Å². The van der Waals surface area contributed by atoms with Crippen molar-refractivity contribution in [3.05, 3.63) is 17.5 Å². The Kier molecular flexibility index (Phi) is 8.20. The normalized spacial score (nSPS) is 16.1. The summed E-state index contributed by atoms with van der Waals surface area (Å²) in [7, 11) is 0. The Morgan fingerprint density at radius 2 is 2.00 bits per heavy atom. The summed E-state index contributed by atoms with van der Waals surface area (Å²) in [4.78, 5) is 11.8. The monoisotopic (exact) mass is 323 g/mol. The molecule has 1 aliphatic heterocycles. The molecule has 4 nitrogen and oxygen atoms in total. The minimum atomic E-state index is 0.863. The van der Waals surface area contributed by atoms with Gasteiger partial charge in [0, 0.05) is 43.2 Å². The van der Waals surface area contributed by atoms with Gasteiger partial charge in [-0.1, -0.05) is 37.9 Å². The Hall–Kier alpha value is -0.650. The van der Waals surface area contributed by atoms with Crippen LogP contribution in [0.3, 0.4) is 0 Å². The second-order valence-corrected chi connectivity index (χ2v) is 6.96. The predicted octanol–water partition coefficient (Wildman–Crippen LogP) is 3.33. The van der Waals surface area contributed by atoms with E-state index >= 15 is 0 Å². The maximum atomic E-state index is 5.39. The fourth-order valence-electron chi connectivity index (χ4n) is 2.59. The first-order chi connectivity index (χ1) is 10.8. The van der Waals surface area contributed by atoms with E-state index in [0.717, 1.165) is 55.9 Å². The van der Waals surface area contributed by atoms with Crippen LogP contribution in [-0.4, -0.2) is 53.5 Å². The molecule has 0 radical (unpaired) electrons. The molecule has 0 N–H and O–H groups in total. The van der Waals surface area contributed by atoms with Crippen LogP contribution in [0, 0.1) is 6.92 Å². The first kappa shape index (κ1) is 17.7. The standard InChI is InChI=1S/C17H29N3OS/c1-3-4-5-6-13-22-17-18-15(2)14-16(19-17)7-8-20-9-11-21-12-10-20/h14H,3-13H2,1-2H3. The number of unbranched alkanes of at least 4 members (excludes halogenated alkanes) is 3. The lowest BCUT2D eigenvalue weighted by molar-refractivity contribution is 0.0383. The molecule has 1 aromatic rings. The van der Waals surface area contributed by atoms with E-state index < -0.39 is 0 Å². The van der Waals surface area contributed by atoms with E-state index in [0.29, 0.717) is 0 Å². The number of ether oxygens (including phenoxy) is 1. The van der Waals surface area contributed by atoms with Crippen molar-refractivity contribution in [2.45, 2.75) is 51.1 Å². The van der Waals surface area contributed by atoms with Gasteiger partial charge in [-0.2, -0.15) is 0 Å². The molecule has 5 heteroatoms. The molecule has 2 rings (SSSR count). The number of thioether (sulfide) groups is 1.